The lowest BCUT2D eigenvalue weighted by atomic mass is 9.79. The SMILES string of the molecule is [2H]c1c(OC)c(OC([2H])([2H])[2H])c([2H])c2c1C1N(C([2H])([2H])C2([2H])[2H])C([2H])([2H])C([2H])(C([2H])([2H])C([2H])(C)C([2H])([2H])[2H])C(OC(=O)[C@@H](N)C(C)C)C1([2H])[2H].[2H]c1c(OC)c(OC)c([2H])c2c1C1N(C([2H])([2H])C2([2H])[2H])C([2H])([2H])C([2H])(C([2H])([2H])C([2H])(C)C([2H])([2H])[2H])C(OC(=O)[C@@H](N)C(C)C)C1([2H])[2H].[2H]c1c(OC)c(OC)c([2H])c2c1C1N(C([2H])([2H])C2([2H])[2H])C([2H])([2H])C([2H])(C([2H])([2H])C([2H])(C)C([2H])([2H])[2H])C(OC(=O)[C@@H](N)C(C)C)C1([2H])[2H]. The van der Waals surface area contributed by atoms with Gasteiger partial charge in [0.1, 0.15) is 36.4 Å². The van der Waals surface area contributed by atoms with Crippen molar-refractivity contribution < 1.29 is 131 Å². The van der Waals surface area contributed by atoms with E-state index in [0.717, 1.165) is 35.5 Å². The van der Waals surface area contributed by atoms with E-state index in [9.17, 15) is 34.9 Å². The summed E-state index contributed by atoms with van der Waals surface area (Å²) in [7, 11) is 1.70. The molecule has 3 aromatic carbocycles. The van der Waals surface area contributed by atoms with Crippen molar-refractivity contribution in [3.8, 4) is 34.5 Å². The smallest absolute Gasteiger partial charge is 0.323 e. The molecule has 15 atom stereocenters. The first-order chi connectivity index (χ1) is 63.6. The van der Waals surface area contributed by atoms with Crippen LogP contribution in [-0.2, 0) is 47.7 Å². The highest BCUT2D eigenvalue weighted by Gasteiger charge is 2.45. The Bertz CT molecular complexity index is 5200. The van der Waals surface area contributed by atoms with Gasteiger partial charge in [0.2, 0.25) is 0 Å². The lowest BCUT2D eigenvalue weighted by Crippen LogP contribution is -2.51. The first-order valence-corrected chi connectivity index (χ1v) is 27.8. The first kappa shape index (κ1) is 28.3. The molecule has 0 radical (unpaired) electrons. The minimum atomic E-state index is -4.16. The van der Waals surface area contributed by atoms with E-state index in [2.05, 4.69) is 0 Å². The molecule has 3 fully saturated rings. The minimum absolute atomic E-state index is 0.168. The molecule has 18 nitrogen and oxygen atoms in total. The quantitative estimate of drug-likeness (QED) is 0.0666. The molecule has 0 aromatic heterocycles. The van der Waals surface area contributed by atoms with Crippen LogP contribution in [0, 0.1) is 53.1 Å². The summed E-state index contributed by atoms with van der Waals surface area (Å²) in [4.78, 5) is 39.3. The van der Waals surface area contributed by atoms with Crippen LogP contribution >= 0.6 is 0 Å². The van der Waals surface area contributed by atoms with E-state index in [1.807, 2.05) is 0 Å². The largest absolute Gasteiger partial charge is 0.493 e. The number of carbonyl (C=O) groups is 3. The molecule has 6 aliphatic heterocycles. The minimum Gasteiger partial charge on any atom is -0.493 e. The van der Waals surface area contributed by atoms with E-state index in [1.165, 1.54) is 41.5 Å². The van der Waals surface area contributed by atoms with Crippen molar-refractivity contribution in [2.75, 3.05) is 81.6 Å². The predicted octanol–water partition coefficient (Wildman–Crippen LogP) is 10.7. The molecule has 0 amide bonds. The van der Waals surface area contributed by atoms with Crippen LogP contribution in [0.2, 0.25) is 0 Å². The van der Waals surface area contributed by atoms with Crippen LogP contribution in [0.1, 0.15) is 247 Å². The van der Waals surface area contributed by atoms with Crippen LogP contribution in [-0.4, -0.2) is 151 Å². The van der Waals surface area contributed by atoms with Gasteiger partial charge in [0, 0.05) is 156 Å². The Hall–Kier alpha value is -5.37. The second kappa shape index (κ2) is 32.5. The van der Waals surface area contributed by atoms with Crippen molar-refractivity contribution in [2.45, 2.75) is 195 Å². The monoisotopic (exact) mass is 1310 g/mol. The fraction of sp³-hybridized carbons (Fsp3) is 0.708. The third-order valence-electron chi connectivity index (χ3n) is 13.6. The van der Waals surface area contributed by atoms with E-state index >= 15 is 0 Å². The van der Waals surface area contributed by atoms with Crippen molar-refractivity contribution in [1.29, 1.82) is 0 Å². The number of carbonyl (C=O) groups excluding carboxylic acids is 3. The molecule has 504 valence electrons. The number of rotatable bonds is 21. The van der Waals surface area contributed by atoms with Gasteiger partial charge in [-0.15, -0.1) is 0 Å². The number of benzene rings is 3. The summed E-state index contributed by atoms with van der Waals surface area (Å²) in [6.07, 6.45) is -43.1. The van der Waals surface area contributed by atoms with Gasteiger partial charge in [0.05, 0.1) is 54.9 Å². The van der Waals surface area contributed by atoms with E-state index in [0.29, 0.717) is 20.8 Å². The average Bonchev–Trinajstić information content (AvgIpc) is 0.583. The van der Waals surface area contributed by atoms with Gasteiger partial charge in [0.25, 0.3) is 0 Å². The normalized spacial score (nSPS) is 45.9. The number of methoxy groups -OCH3 is 6. The fourth-order valence-corrected chi connectivity index (χ4v) is 8.63. The zero-order valence-corrected chi connectivity index (χ0v) is 51.9. The Labute approximate surface area is 615 Å². The van der Waals surface area contributed by atoms with E-state index in [4.69, 9.17) is 113 Å². The molecular weight excluding hydrogens is 1140 g/mol. The Morgan fingerprint density at radius 3 is 0.978 bits per heavy atom. The highest BCUT2D eigenvalue weighted by atomic mass is 16.6. The zero-order valence-electron chi connectivity index (χ0n) is 106. The number of hydrogen-bond donors (Lipinski definition) is 3. The summed E-state index contributed by atoms with van der Waals surface area (Å²) >= 11 is 0. The lowest BCUT2D eigenvalue weighted by molar-refractivity contribution is -0.161. The molecule has 9 rings (SSSR count). The maximum absolute atomic E-state index is 13.3. The van der Waals surface area contributed by atoms with Crippen LogP contribution < -0.4 is 45.6 Å². The lowest BCUT2D eigenvalue weighted by Gasteiger charge is -2.47. The summed E-state index contributed by atoms with van der Waals surface area (Å²) in [6, 6.07) is -18.5. The molecule has 6 N–H and O–H groups in total. The number of hydrogen-bond acceptors (Lipinski definition) is 18. The van der Waals surface area contributed by atoms with Gasteiger partial charge in [-0.2, -0.15) is 0 Å². The van der Waals surface area contributed by atoms with Gasteiger partial charge in [-0.1, -0.05) is 82.9 Å². The van der Waals surface area contributed by atoms with Gasteiger partial charge < -0.3 is 59.8 Å². The van der Waals surface area contributed by atoms with Crippen molar-refractivity contribution in [2.24, 2.45) is 70.3 Å². The van der Waals surface area contributed by atoms with Gasteiger partial charge in [-0.25, -0.2) is 0 Å². The summed E-state index contributed by atoms with van der Waals surface area (Å²) in [6.45, 7) is -24.6. The van der Waals surface area contributed by atoms with Crippen molar-refractivity contribution >= 4 is 17.9 Å². The maximum Gasteiger partial charge on any atom is 0.323 e. The molecule has 18 heteroatoms. The maximum atomic E-state index is 13.3. The molecule has 3 aromatic rings. The van der Waals surface area contributed by atoms with E-state index in [-0.39, 0.29) is 14.7 Å². The highest BCUT2D eigenvalue weighted by Crippen LogP contribution is 2.48. The summed E-state index contributed by atoms with van der Waals surface area (Å²) in [5, 5.41) is 0. The van der Waals surface area contributed by atoms with Crippen LogP contribution in [0.4, 0.5) is 0 Å². The number of piperidine rings is 3. The number of fused-ring (bicyclic) bond motifs is 9. The molecular formula is C72H114N6O12. The van der Waals surface area contributed by atoms with E-state index < -0.39 is 354 Å². The van der Waals surface area contributed by atoms with Crippen LogP contribution in [0.3, 0.4) is 0 Å². The molecule has 3 saturated heterocycles. The number of nitrogens with two attached hydrogens (primary N) is 3. The highest BCUT2D eigenvalue weighted by molar-refractivity contribution is 5.77. The summed E-state index contributed by atoms with van der Waals surface area (Å²) in [5.41, 5.74) is 11.8. The number of ether oxygens (including phenoxy) is 9. The second-order valence-corrected chi connectivity index (χ2v) is 21.3. The molecule has 12 unspecified atom stereocenters. The van der Waals surface area contributed by atoms with Crippen LogP contribution in [0.5, 0.6) is 34.5 Å². The van der Waals surface area contributed by atoms with Crippen molar-refractivity contribution in [3.63, 3.8) is 0 Å². The standard InChI is InChI=1S/3C24H38N2O4/c3*1-14(2)9-17-13-26-8-7-16-10-21(28-5)22(29-6)11-18(16)19(26)12-20(17)30-24(27)23(25)15(3)4/h3*10-11,14-15,17,19-20,23H,7-9,12-13,25H2,1-6H3/t3*17?,19?,20?,23-/m000/s1/i1D3,5D3,7D2,8D2,9D2,10D,11D,12D2,13D2,14D,17D;2*1D3,7D2,8D2,9D2,10D,11D,12D2,13D2,14D,17D/t3*14?,17?,19?,20?,23-. The Balaban J connectivity index is 0.000000293. The summed E-state index contributed by atoms with van der Waals surface area (Å²) in [5.74, 6) is -33.6. The average molecular weight is 1310 g/mol. The van der Waals surface area contributed by atoms with Gasteiger partial charge in [-0.05, 0) is 143 Å². The third kappa shape index (κ3) is 17.5. The molecule has 90 heavy (non-hydrogen) atoms. The molecule has 6 aliphatic rings. The Morgan fingerprint density at radius 1 is 0.489 bits per heavy atom. The zero-order chi connectivity index (χ0) is 114. The van der Waals surface area contributed by atoms with Crippen molar-refractivity contribution in [1.82, 2.24) is 14.7 Å². The molecule has 0 bridgehead atoms. The third-order valence-corrected chi connectivity index (χ3v) is 13.6. The van der Waals surface area contributed by atoms with Crippen LogP contribution in [0.15, 0.2) is 36.3 Å². The van der Waals surface area contributed by atoms with Gasteiger partial charge in [0.15, 0.2) is 34.5 Å². The van der Waals surface area contributed by atoms with Gasteiger partial charge in [-0.3, -0.25) is 29.1 Å². The Morgan fingerprint density at radius 2 is 0.744 bits per heavy atom. The predicted molar refractivity (Wildman–Crippen MR) is 353 cm³/mol. The molecule has 0 spiro atoms. The molecule has 0 saturated carbocycles. The number of esters is 3. The van der Waals surface area contributed by atoms with Crippen LogP contribution in [0.25, 0.3) is 0 Å². The first-order valence-electron chi connectivity index (χ1n) is 54.8. The summed E-state index contributed by atoms with van der Waals surface area (Å²) < 4.78 is 518. The van der Waals surface area contributed by atoms with Gasteiger partial charge >= 0.3 is 17.9 Å². The second-order valence-electron chi connectivity index (χ2n) is 21.3. The Kier molecular flexibility index (Phi) is 10.2. The topological polar surface area (TPSA) is 222 Å². The number of nitrogens with zero attached hydrogens (tertiary/aromatic N) is 3. The van der Waals surface area contributed by atoms with Crippen molar-refractivity contribution in [3.05, 3.63) is 69.6 Å². The molecule has 6 heterocycles. The fourth-order valence-electron chi connectivity index (χ4n) is 8.63. The molecule has 0 aliphatic carbocycles. The van der Waals surface area contributed by atoms with E-state index in [1.54, 1.807) is 0 Å².